The molecule has 0 saturated heterocycles. The molecule has 2 aromatic carbocycles. The number of amides is 1. The second kappa shape index (κ2) is 8.62. The van der Waals surface area contributed by atoms with Gasteiger partial charge in [-0.3, -0.25) is 14.9 Å². The number of aromatic nitrogens is 2. The Morgan fingerprint density at radius 3 is 2.46 bits per heavy atom. The third-order valence-corrected chi connectivity index (χ3v) is 4.77. The van der Waals surface area contributed by atoms with Crippen molar-refractivity contribution in [2.45, 2.75) is 18.9 Å². The summed E-state index contributed by atoms with van der Waals surface area (Å²) in [7, 11) is 0. The van der Waals surface area contributed by atoms with Crippen molar-refractivity contribution in [3.63, 3.8) is 0 Å². The molecule has 1 amide bonds. The van der Waals surface area contributed by atoms with Crippen LogP contribution in [0.1, 0.15) is 11.1 Å². The second-order valence-corrected chi connectivity index (χ2v) is 7.27. The smallest absolute Gasteiger partial charge is 0.270 e. The number of non-ortho nitro benzene ring substituents is 1. The number of carbonyl (C=O) groups is 1. The van der Waals surface area contributed by atoms with Crippen LogP contribution in [0, 0.1) is 24.0 Å². The van der Waals surface area contributed by atoms with Gasteiger partial charge in [0.2, 0.25) is 5.91 Å². The Hall–Kier alpha value is -3.26. The highest BCUT2D eigenvalue weighted by molar-refractivity contribution is 7.99. The lowest BCUT2D eigenvalue weighted by Gasteiger charge is -2.07. The van der Waals surface area contributed by atoms with Crippen LogP contribution in [0.4, 0.5) is 11.4 Å². The molecule has 28 heavy (non-hydrogen) atoms. The molecule has 0 saturated carbocycles. The highest BCUT2D eigenvalue weighted by Crippen LogP contribution is 2.23. The molecular formula is C20H18N4O3S. The third kappa shape index (κ3) is 5.14. The molecule has 1 N–H and O–H groups in total. The molecular weight excluding hydrogens is 376 g/mol. The Morgan fingerprint density at radius 1 is 1.07 bits per heavy atom. The summed E-state index contributed by atoms with van der Waals surface area (Å²) in [5.74, 6) is 0.0808. The molecule has 142 valence electrons. The van der Waals surface area contributed by atoms with E-state index >= 15 is 0 Å². The summed E-state index contributed by atoms with van der Waals surface area (Å²) < 4.78 is 0. The van der Waals surface area contributed by atoms with Crippen LogP contribution in [0.5, 0.6) is 0 Å². The maximum atomic E-state index is 12.2. The summed E-state index contributed by atoms with van der Waals surface area (Å²) in [4.78, 5) is 22.6. The predicted octanol–water partition coefficient (Wildman–Crippen LogP) is 4.40. The fourth-order valence-corrected chi connectivity index (χ4v) is 3.33. The van der Waals surface area contributed by atoms with E-state index in [2.05, 4.69) is 15.5 Å². The lowest BCUT2D eigenvalue weighted by Crippen LogP contribution is -2.14. The number of hydrogen-bond acceptors (Lipinski definition) is 6. The molecule has 0 aliphatic rings. The zero-order valence-electron chi connectivity index (χ0n) is 15.4. The monoisotopic (exact) mass is 394 g/mol. The molecule has 0 aliphatic heterocycles. The minimum Gasteiger partial charge on any atom is -0.325 e. The molecule has 0 radical (unpaired) electrons. The standard InChI is InChI=1S/C20H18N4O3S/c1-13-8-14(2)10-16(9-13)21-19(25)12-28-20-7-6-18(22-23-20)15-4-3-5-17(11-15)24(26)27/h3-11H,12H2,1-2H3,(H,21,25). The molecule has 0 atom stereocenters. The third-order valence-electron chi connectivity index (χ3n) is 3.85. The van der Waals surface area contributed by atoms with Gasteiger partial charge >= 0.3 is 0 Å². The summed E-state index contributed by atoms with van der Waals surface area (Å²) >= 11 is 1.27. The number of anilines is 1. The molecule has 7 nitrogen and oxygen atoms in total. The first-order valence-electron chi connectivity index (χ1n) is 8.50. The normalized spacial score (nSPS) is 10.5. The minimum absolute atomic E-state index is 0.000748. The van der Waals surface area contributed by atoms with E-state index < -0.39 is 4.92 Å². The van der Waals surface area contributed by atoms with Crippen LogP contribution in [0.15, 0.2) is 59.6 Å². The largest absolute Gasteiger partial charge is 0.325 e. The van der Waals surface area contributed by atoms with Gasteiger partial charge in [0, 0.05) is 23.4 Å². The van der Waals surface area contributed by atoms with E-state index in [0.29, 0.717) is 16.3 Å². The van der Waals surface area contributed by atoms with Gasteiger partial charge in [0.05, 0.1) is 16.4 Å². The Kier molecular flexibility index (Phi) is 6.00. The number of benzene rings is 2. The van der Waals surface area contributed by atoms with Crippen LogP contribution >= 0.6 is 11.8 Å². The fraction of sp³-hybridized carbons (Fsp3) is 0.150. The fourth-order valence-electron chi connectivity index (χ4n) is 2.71. The average Bonchev–Trinajstić information content (AvgIpc) is 2.66. The highest BCUT2D eigenvalue weighted by Gasteiger charge is 2.10. The van der Waals surface area contributed by atoms with Gasteiger partial charge in [0.1, 0.15) is 5.03 Å². The van der Waals surface area contributed by atoms with Gasteiger partial charge in [-0.25, -0.2) is 0 Å². The van der Waals surface area contributed by atoms with Gasteiger partial charge in [-0.15, -0.1) is 10.2 Å². The second-order valence-electron chi connectivity index (χ2n) is 6.28. The van der Waals surface area contributed by atoms with Gasteiger partial charge in [-0.2, -0.15) is 0 Å². The van der Waals surface area contributed by atoms with E-state index in [9.17, 15) is 14.9 Å². The van der Waals surface area contributed by atoms with E-state index in [1.165, 1.54) is 23.9 Å². The molecule has 0 aliphatic carbocycles. The highest BCUT2D eigenvalue weighted by atomic mass is 32.2. The quantitative estimate of drug-likeness (QED) is 0.378. The van der Waals surface area contributed by atoms with Crippen LogP contribution in [0.2, 0.25) is 0 Å². The van der Waals surface area contributed by atoms with Crippen molar-refractivity contribution in [1.29, 1.82) is 0 Å². The summed E-state index contributed by atoms with van der Waals surface area (Å²) in [6, 6.07) is 15.6. The summed E-state index contributed by atoms with van der Waals surface area (Å²) in [6.45, 7) is 3.96. The van der Waals surface area contributed by atoms with Crippen LogP contribution in [-0.4, -0.2) is 26.8 Å². The van der Waals surface area contributed by atoms with E-state index in [-0.39, 0.29) is 17.3 Å². The lowest BCUT2D eigenvalue weighted by molar-refractivity contribution is -0.384. The SMILES string of the molecule is Cc1cc(C)cc(NC(=O)CSc2ccc(-c3cccc([N+](=O)[O-])c3)nn2)c1. The first-order valence-corrected chi connectivity index (χ1v) is 9.49. The Bertz CT molecular complexity index is 1000. The molecule has 3 rings (SSSR count). The number of rotatable bonds is 6. The van der Waals surface area contributed by atoms with Crippen molar-refractivity contribution < 1.29 is 9.72 Å². The first-order chi connectivity index (χ1) is 13.4. The maximum Gasteiger partial charge on any atom is 0.270 e. The first kappa shape index (κ1) is 19.5. The molecule has 1 aromatic heterocycles. The van der Waals surface area contributed by atoms with Crippen molar-refractivity contribution in [3.8, 4) is 11.3 Å². The number of carbonyl (C=O) groups excluding carboxylic acids is 1. The van der Waals surface area contributed by atoms with Crippen LogP contribution < -0.4 is 5.32 Å². The molecule has 8 heteroatoms. The van der Waals surface area contributed by atoms with Crippen LogP contribution in [0.3, 0.4) is 0 Å². The van der Waals surface area contributed by atoms with Gasteiger partial charge in [-0.05, 0) is 49.2 Å². The van der Waals surface area contributed by atoms with E-state index in [1.807, 2.05) is 32.0 Å². The van der Waals surface area contributed by atoms with Crippen LogP contribution in [0.25, 0.3) is 11.3 Å². The van der Waals surface area contributed by atoms with Crippen LogP contribution in [-0.2, 0) is 4.79 Å². The van der Waals surface area contributed by atoms with Crippen molar-refractivity contribution in [3.05, 3.63) is 75.8 Å². The molecule has 1 heterocycles. The Labute approximate surface area is 166 Å². The van der Waals surface area contributed by atoms with Crippen molar-refractivity contribution in [2.75, 3.05) is 11.1 Å². The number of nitrogens with zero attached hydrogens (tertiary/aromatic N) is 3. The molecule has 3 aromatic rings. The number of thioether (sulfide) groups is 1. The van der Waals surface area contributed by atoms with Gasteiger partial charge in [-0.1, -0.05) is 30.0 Å². The number of aryl methyl sites for hydroxylation is 2. The number of nitrogens with one attached hydrogen (secondary N) is 1. The molecule has 0 spiro atoms. The van der Waals surface area contributed by atoms with E-state index in [1.54, 1.807) is 24.3 Å². The minimum atomic E-state index is -0.449. The summed E-state index contributed by atoms with van der Waals surface area (Å²) in [5.41, 5.74) is 4.10. The maximum absolute atomic E-state index is 12.2. The zero-order valence-corrected chi connectivity index (χ0v) is 16.2. The zero-order chi connectivity index (χ0) is 20.1. The lowest BCUT2D eigenvalue weighted by atomic mass is 10.1. The predicted molar refractivity (Wildman–Crippen MR) is 109 cm³/mol. The van der Waals surface area contributed by atoms with E-state index in [4.69, 9.17) is 0 Å². The molecule has 0 unspecified atom stereocenters. The number of hydrogen-bond donors (Lipinski definition) is 1. The molecule has 0 fully saturated rings. The van der Waals surface area contributed by atoms with E-state index in [0.717, 1.165) is 16.8 Å². The van der Waals surface area contributed by atoms with Crippen molar-refractivity contribution >= 4 is 29.0 Å². The Morgan fingerprint density at radius 2 is 1.82 bits per heavy atom. The van der Waals surface area contributed by atoms with Gasteiger partial charge in [0.25, 0.3) is 5.69 Å². The van der Waals surface area contributed by atoms with Gasteiger partial charge in [0.15, 0.2) is 0 Å². The summed E-state index contributed by atoms with van der Waals surface area (Å²) in [5, 5.41) is 22.6. The molecule has 0 bridgehead atoms. The number of nitro groups is 1. The van der Waals surface area contributed by atoms with Gasteiger partial charge < -0.3 is 5.32 Å². The van der Waals surface area contributed by atoms with Crippen molar-refractivity contribution in [2.24, 2.45) is 0 Å². The summed E-state index contributed by atoms with van der Waals surface area (Å²) in [6.07, 6.45) is 0. The average molecular weight is 394 g/mol. The van der Waals surface area contributed by atoms with Crippen molar-refractivity contribution in [1.82, 2.24) is 10.2 Å². The number of nitro benzene ring substituents is 1. The Balaban J connectivity index is 1.60. The topological polar surface area (TPSA) is 98.0 Å².